The first-order chi connectivity index (χ1) is 9.42. The van der Waals surface area contributed by atoms with Gasteiger partial charge in [-0.3, -0.25) is 0 Å². The third kappa shape index (κ3) is 4.56. The van der Waals surface area contributed by atoms with E-state index in [2.05, 4.69) is 4.72 Å². The van der Waals surface area contributed by atoms with E-state index in [9.17, 15) is 13.5 Å². The first-order valence-electron chi connectivity index (χ1n) is 6.62. The van der Waals surface area contributed by atoms with Gasteiger partial charge in [-0.2, -0.15) is 0 Å². The number of hydrogen-bond acceptors (Lipinski definition) is 4. The zero-order chi connectivity index (χ0) is 15.2. The zero-order valence-electron chi connectivity index (χ0n) is 12.3. The molecule has 0 aliphatic rings. The van der Waals surface area contributed by atoms with Gasteiger partial charge in [-0.05, 0) is 49.4 Å². The van der Waals surface area contributed by atoms with Crippen molar-refractivity contribution < 1.29 is 18.3 Å². The van der Waals surface area contributed by atoms with Crippen molar-refractivity contribution in [2.45, 2.75) is 38.2 Å². The predicted octanol–water partition coefficient (Wildman–Crippen LogP) is 1.50. The number of sulfonamides is 1. The summed E-state index contributed by atoms with van der Waals surface area (Å²) in [5.74, 6) is 0. The Morgan fingerprint density at radius 3 is 2.55 bits per heavy atom. The third-order valence-corrected chi connectivity index (χ3v) is 4.81. The van der Waals surface area contributed by atoms with Crippen LogP contribution < -0.4 is 4.72 Å². The third-order valence-electron chi connectivity index (χ3n) is 3.22. The fraction of sp³-hybridized carbons (Fsp3) is 0.571. The van der Waals surface area contributed by atoms with Crippen LogP contribution in [-0.4, -0.2) is 33.8 Å². The molecule has 0 heterocycles. The molecule has 0 saturated carbocycles. The lowest BCUT2D eigenvalue weighted by molar-refractivity contribution is 0.193. The molecular weight excluding hydrogens is 278 g/mol. The molecule has 0 aliphatic carbocycles. The normalized spacial score (nSPS) is 11.8. The average Bonchev–Trinajstić information content (AvgIpc) is 2.41. The minimum absolute atomic E-state index is 0.169. The monoisotopic (exact) mass is 301 g/mol. The van der Waals surface area contributed by atoms with Crippen molar-refractivity contribution in [3.05, 3.63) is 28.8 Å². The Morgan fingerprint density at radius 2 is 1.95 bits per heavy atom. The smallest absolute Gasteiger partial charge is 0.240 e. The molecular formula is C14H23NO4S. The topological polar surface area (TPSA) is 75.6 Å². The Labute approximate surface area is 121 Å². The Kier molecular flexibility index (Phi) is 6.61. The van der Waals surface area contributed by atoms with E-state index in [-0.39, 0.29) is 11.5 Å². The van der Waals surface area contributed by atoms with Gasteiger partial charge < -0.3 is 9.84 Å². The molecule has 0 spiro atoms. The van der Waals surface area contributed by atoms with Gasteiger partial charge in [0.2, 0.25) is 10.0 Å². The number of aliphatic hydroxyl groups is 1. The highest BCUT2D eigenvalue weighted by molar-refractivity contribution is 7.89. The average molecular weight is 301 g/mol. The number of benzene rings is 1. The van der Waals surface area contributed by atoms with E-state index in [1.807, 2.05) is 6.92 Å². The van der Waals surface area contributed by atoms with Gasteiger partial charge >= 0.3 is 0 Å². The minimum Gasteiger partial charge on any atom is -0.392 e. The van der Waals surface area contributed by atoms with Crippen LogP contribution in [0.1, 0.15) is 29.5 Å². The van der Waals surface area contributed by atoms with Crippen molar-refractivity contribution in [3.63, 3.8) is 0 Å². The van der Waals surface area contributed by atoms with Crippen LogP contribution in [0.15, 0.2) is 17.0 Å². The maximum atomic E-state index is 12.3. The highest BCUT2D eigenvalue weighted by Gasteiger charge is 2.18. The highest BCUT2D eigenvalue weighted by atomic mass is 32.2. The van der Waals surface area contributed by atoms with Gasteiger partial charge in [-0.1, -0.05) is 6.07 Å². The summed E-state index contributed by atoms with van der Waals surface area (Å²) in [7, 11) is -1.91. The molecule has 5 nitrogen and oxygen atoms in total. The Hall–Kier alpha value is -0.950. The van der Waals surface area contributed by atoms with Crippen molar-refractivity contribution in [1.29, 1.82) is 0 Å². The number of rotatable bonds is 8. The number of nitrogens with one attached hydrogen (secondary N) is 1. The van der Waals surface area contributed by atoms with Crippen molar-refractivity contribution in [1.82, 2.24) is 4.72 Å². The lowest BCUT2D eigenvalue weighted by atomic mass is 10.1. The molecule has 0 amide bonds. The number of ether oxygens (including phenoxy) is 1. The van der Waals surface area contributed by atoms with Gasteiger partial charge in [0.1, 0.15) is 0 Å². The van der Waals surface area contributed by atoms with E-state index < -0.39 is 10.0 Å². The maximum absolute atomic E-state index is 12.3. The van der Waals surface area contributed by atoms with Gasteiger partial charge in [0.05, 0.1) is 11.5 Å². The fourth-order valence-corrected chi connectivity index (χ4v) is 3.36. The number of methoxy groups -OCH3 is 1. The van der Waals surface area contributed by atoms with E-state index in [1.54, 1.807) is 20.1 Å². The van der Waals surface area contributed by atoms with Crippen LogP contribution in [-0.2, 0) is 21.4 Å². The molecule has 0 radical (unpaired) electrons. The van der Waals surface area contributed by atoms with Crippen LogP contribution >= 0.6 is 0 Å². The molecule has 1 rings (SSSR count). The van der Waals surface area contributed by atoms with Gasteiger partial charge in [0, 0.05) is 20.3 Å². The van der Waals surface area contributed by atoms with Crippen molar-refractivity contribution in [2.75, 3.05) is 20.3 Å². The summed E-state index contributed by atoms with van der Waals surface area (Å²) in [6, 6.07) is 3.33. The maximum Gasteiger partial charge on any atom is 0.240 e. The van der Waals surface area contributed by atoms with Crippen LogP contribution in [0.5, 0.6) is 0 Å². The number of unbranched alkanes of at least 4 members (excludes halogenated alkanes) is 1. The molecule has 0 saturated heterocycles. The molecule has 0 aliphatic heterocycles. The van der Waals surface area contributed by atoms with Gasteiger partial charge in [0.25, 0.3) is 0 Å². The lowest BCUT2D eigenvalue weighted by Gasteiger charge is -2.13. The predicted molar refractivity (Wildman–Crippen MR) is 78.1 cm³/mol. The first kappa shape index (κ1) is 17.1. The minimum atomic E-state index is -3.54. The van der Waals surface area contributed by atoms with Gasteiger partial charge in [0.15, 0.2) is 0 Å². The summed E-state index contributed by atoms with van der Waals surface area (Å²) in [6.07, 6.45) is 1.54. The molecule has 114 valence electrons. The van der Waals surface area contributed by atoms with Gasteiger partial charge in [-0.25, -0.2) is 13.1 Å². The van der Waals surface area contributed by atoms with Crippen LogP contribution in [0, 0.1) is 13.8 Å². The second-order valence-corrected chi connectivity index (χ2v) is 6.53. The molecule has 0 fully saturated rings. The summed E-state index contributed by atoms with van der Waals surface area (Å²) in [4.78, 5) is 0.244. The zero-order valence-corrected chi connectivity index (χ0v) is 13.1. The van der Waals surface area contributed by atoms with Crippen LogP contribution in [0.4, 0.5) is 0 Å². The largest absolute Gasteiger partial charge is 0.392 e. The molecule has 6 heteroatoms. The number of hydrogen-bond donors (Lipinski definition) is 2. The molecule has 0 unspecified atom stereocenters. The van der Waals surface area contributed by atoms with E-state index in [4.69, 9.17) is 4.74 Å². The van der Waals surface area contributed by atoms with Crippen LogP contribution in [0.25, 0.3) is 0 Å². The summed E-state index contributed by atoms with van der Waals surface area (Å²) < 4.78 is 32.1. The summed E-state index contributed by atoms with van der Waals surface area (Å²) in [5, 5.41) is 9.19. The standard InChI is InChI=1S/C14H23NO4S/c1-11-8-13(10-16)9-14(12(11)2)20(17,18)15-6-4-5-7-19-3/h8-9,15-16H,4-7,10H2,1-3H3. The molecule has 0 aromatic heterocycles. The molecule has 0 bridgehead atoms. The number of aliphatic hydroxyl groups excluding tert-OH is 1. The summed E-state index contributed by atoms with van der Waals surface area (Å²) in [6.45, 7) is 4.45. The second kappa shape index (κ2) is 7.73. The first-order valence-corrected chi connectivity index (χ1v) is 8.10. The number of aryl methyl sites for hydroxylation is 1. The van der Waals surface area contributed by atoms with Crippen molar-refractivity contribution >= 4 is 10.0 Å². The van der Waals surface area contributed by atoms with Gasteiger partial charge in [-0.15, -0.1) is 0 Å². The molecule has 0 atom stereocenters. The molecule has 1 aromatic rings. The fourth-order valence-electron chi connectivity index (χ4n) is 1.93. The van der Waals surface area contributed by atoms with E-state index in [0.717, 1.165) is 18.4 Å². The van der Waals surface area contributed by atoms with Crippen LogP contribution in [0.3, 0.4) is 0 Å². The highest BCUT2D eigenvalue weighted by Crippen LogP contribution is 2.21. The van der Waals surface area contributed by atoms with E-state index in [1.165, 1.54) is 6.07 Å². The summed E-state index contributed by atoms with van der Waals surface area (Å²) >= 11 is 0. The quantitative estimate of drug-likeness (QED) is 0.714. The lowest BCUT2D eigenvalue weighted by Crippen LogP contribution is -2.26. The summed E-state index contributed by atoms with van der Waals surface area (Å²) in [5.41, 5.74) is 2.18. The SMILES string of the molecule is COCCCCNS(=O)(=O)c1cc(CO)cc(C)c1C. The van der Waals surface area contributed by atoms with E-state index in [0.29, 0.717) is 24.3 Å². The second-order valence-electron chi connectivity index (χ2n) is 4.79. The molecule has 20 heavy (non-hydrogen) atoms. The van der Waals surface area contributed by atoms with Crippen molar-refractivity contribution in [3.8, 4) is 0 Å². The Balaban J connectivity index is 2.84. The Bertz CT molecular complexity index is 540. The van der Waals surface area contributed by atoms with E-state index >= 15 is 0 Å². The van der Waals surface area contributed by atoms with Crippen molar-refractivity contribution in [2.24, 2.45) is 0 Å². The molecule has 1 aromatic carbocycles. The Morgan fingerprint density at radius 1 is 1.25 bits per heavy atom. The van der Waals surface area contributed by atoms with Crippen LogP contribution in [0.2, 0.25) is 0 Å². The molecule has 2 N–H and O–H groups in total.